The van der Waals surface area contributed by atoms with Crippen molar-refractivity contribution in [3.63, 3.8) is 0 Å². The first-order chi connectivity index (χ1) is 13.0. The van der Waals surface area contributed by atoms with E-state index in [-0.39, 0.29) is 11.8 Å². The van der Waals surface area contributed by atoms with Crippen LogP contribution in [0.25, 0.3) is 0 Å². The average Bonchev–Trinajstić information content (AvgIpc) is 2.65. The molecule has 0 aliphatic rings. The Labute approximate surface area is 161 Å². The second kappa shape index (κ2) is 8.33. The van der Waals surface area contributed by atoms with Crippen LogP contribution < -0.4 is 16.0 Å². The fourth-order valence-electron chi connectivity index (χ4n) is 2.37. The van der Waals surface area contributed by atoms with Crippen LogP contribution in [0.3, 0.4) is 0 Å². The Morgan fingerprint density at radius 2 is 1.52 bits per heavy atom. The monoisotopic (exact) mass is 380 g/mol. The highest BCUT2D eigenvalue weighted by atomic mass is 35.5. The summed E-state index contributed by atoms with van der Waals surface area (Å²) in [6.07, 6.45) is 1.56. The third-order valence-electron chi connectivity index (χ3n) is 3.62. The maximum Gasteiger partial charge on any atom is 0.257 e. The lowest BCUT2D eigenvalue weighted by atomic mass is 10.2. The number of pyridine rings is 1. The van der Waals surface area contributed by atoms with Crippen molar-refractivity contribution in [3.8, 4) is 0 Å². The molecule has 0 aliphatic carbocycles. The lowest BCUT2D eigenvalue weighted by molar-refractivity contribution is -0.114. The van der Waals surface area contributed by atoms with E-state index in [0.717, 1.165) is 11.4 Å². The summed E-state index contributed by atoms with van der Waals surface area (Å²) < 4.78 is 0. The minimum atomic E-state index is -0.295. The first-order valence-electron chi connectivity index (χ1n) is 8.18. The summed E-state index contributed by atoms with van der Waals surface area (Å²) in [6.45, 7) is 1.46. The summed E-state index contributed by atoms with van der Waals surface area (Å²) in [6, 6.07) is 17.6. The number of carbonyl (C=O) groups is 2. The molecule has 0 radical (unpaired) electrons. The van der Waals surface area contributed by atoms with Crippen molar-refractivity contribution in [3.05, 3.63) is 77.4 Å². The molecule has 3 rings (SSSR count). The summed E-state index contributed by atoms with van der Waals surface area (Å²) in [5.41, 5.74) is 2.51. The highest BCUT2D eigenvalue weighted by Gasteiger charge is 2.10. The molecule has 3 aromatic rings. The Bertz CT molecular complexity index is 956. The van der Waals surface area contributed by atoms with Gasteiger partial charge < -0.3 is 16.0 Å². The molecule has 136 valence electrons. The van der Waals surface area contributed by atoms with Gasteiger partial charge in [0, 0.05) is 18.3 Å². The number of hydrogen-bond acceptors (Lipinski definition) is 4. The number of anilines is 4. The molecule has 6 nitrogen and oxygen atoms in total. The minimum absolute atomic E-state index is 0.119. The molecule has 0 atom stereocenters. The van der Waals surface area contributed by atoms with E-state index >= 15 is 0 Å². The normalized spacial score (nSPS) is 10.1. The minimum Gasteiger partial charge on any atom is -0.340 e. The maximum absolute atomic E-state index is 12.3. The molecule has 1 aromatic heterocycles. The smallest absolute Gasteiger partial charge is 0.257 e. The lowest BCUT2D eigenvalue weighted by Gasteiger charge is -2.09. The summed E-state index contributed by atoms with van der Waals surface area (Å²) in [5.74, 6) is 0.210. The molecule has 2 amide bonds. The van der Waals surface area contributed by atoms with Crippen LogP contribution in [0.2, 0.25) is 5.02 Å². The Morgan fingerprint density at radius 1 is 0.852 bits per heavy atom. The standard InChI is InChI=1S/C20H17ClN4O2/c1-13(26)23-14-6-8-15(9-7-14)24-19-11-10-16(12-22-19)25-20(27)17-4-2-3-5-18(17)21/h2-12H,1H3,(H,22,24)(H,23,26)(H,25,27). The summed E-state index contributed by atoms with van der Waals surface area (Å²) in [5, 5.41) is 9.01. The van der Waals surface area contributed by atoms with Crippen molar-refractivity contribution in [2.45, 2.75) is 6.92 Å². The number of aromatic nitrogens is 1. The number of nitrogens with zero attached hydrogens (tertiary/aromatic N) is 1. The highest BCUT2D eigenvalue weighted by Crippen LogP contribution is 2.20. The topological polar surface area (TPSA) is 83.1 Å². The van der Waals surface area contributed by atoms with Gasteiger partial charge >= 0.3 is 0 Å². The van der Waals surface area contributed by atoms with Gasteiger partial charge in [-0.05, 0) is 48.5 Å². The second-order valence-corrected chi connectivity index (χ2v) is 6.16. The molecule has 7 heteroatoms. The quantitative estimate of drug-likeness (QED) is 0.599. The van der Waals surface area contributed by atoms with Crippen LogP contribution in [0.5, 0.6) is 0 Å². The zero-order chi connectivity index (χ0) is 19.2. The molecule has 0 bridgehead atoms. The number of carbonyl (C=O) groups excluding carboxylic acids is 2. The van der Waals surface area contributed by atoms with Crippen molar-refractivity contribution < 1.29 is 9.59 Å². The van der Waals surface area contributed by atoms with E-state index in [9.17, 15) is 9.59 Å². The molecule has 0 fully saturated rings. The number of benzene rings is 2. The third-order valence-corrected chi connectivity index (χ3v) is 3.95. The first kappa shape index (κ1) is 18.4. The zero-order valence-corrected chi connectivity index (χ0v) is 15.2. The van der Waals surface area contributed by atoms with Gasteiger partial charge in [0.05, 0.1) is 22.5 Å². The van der Waals surface area contributed by atoms with Gasteiger partial charge in [-0.2, -0.15) is 0 Å². The molecule has 3 N–H and O–H groups in total. The number of nitrogens with one attached hydrogen (secondary N) is 3. The van der Waals surface area contributed by atoms with Crippen molar-refractivity contribution >= 4 is 46.3 Å². The third kappa shape index (κ3) is 5.05. The predicted molar refractivity (Wildman–Crippen MR) is 108 cm³/mol. The Balaban J connectivity index is 1.62. The van der Waals surface area contributed by atoms with Crippen molar-refractivity contribution in [1.29, 1.82) is 0 Å². The van der Waals surface area contributed by atoms with E-state index in [1.54, 1.807) is 54.7 Å². The van der Waals surface area contributed by atoms with Crippen LogP contribution >= 0.6 is 11.6 Å². The van der Waals surface area contributed by atoms with Gasteiger partial charge in [-0.3, -0.25) is 9.59 Å². The van der Waals surface area contributed by atoms with Crippen molar-refractivity contribution in [2.24, 2.45) is 0 Å². The van der Waals surface area contributed by atoms with E-state index < -0.39 is 0 Å². The molecule has 1 heterocycles. The number of amides is 2. The molecule has 2 aromatic carbocycles. The highest BCUT2D eigenvalue weighted by molar-refractivity contribution is 6.34. The SMILES string of the molecule is CC(=O)Nc1ccc(Nc2ccc(NC(=O)c3ccccc3Cl)cn2)cc1. The predicted octanol–water partition coefficient (Wildman–Crippen LogP) is 4.69. The molecular weight excluding hydrogens is 364 g/mol. The number of hydrogen-bond donors (Lipinski definition) is 3. The van der Waals surface area contributed by atoms with E-state index in [0.29, 0.717) is 22.1 Å². The van der Waals surface area contributed by atoms with Crippen LogP contribution in [0.1, 0.15) is 17.3 Å². The molecule has 0 saturated heterocycles. The van der Waals surface area contributed by atoms with Crippen LogP contribution in [0, 0.1) is 0 Å². The lowest BCUT2D eigenvalue weighted by Crippen LogP contribution is -2.12. The molecule has 27 heavy (non-hydrogen) atoms. The molecule has 0 spiro atoms. The van der Waals surface area contributed by atoms with Crippen LogP contribution in [-0.2, 0) is 4.79 Å². The maximum atomic E-state index is 12.3. The van der Waals surface area contributed by atoms with Crippen LogP contribution in [0.4, 0.5) is 22.9 Å². The van der Waals surface area contributed by atoms with E-state index in [4.69, 9.17) is 11.6 Å². The average molecular weight is 381 g/mol. The van der Waals surface area contributed by atoms with Gasteiger partial charge in [-0.15, -0.1) is 0 Å². The van der Waals surface area contributed by atoms with Crippen molar-refractivity contribution in [2.75, 3.05) is 16.0 Å². The summed E-state index contributed by atoms with van der Waals surface area (Å²) in [4.78, 5) is 27.6. The van der Waals surface area contributed by atoms with E-state index in [2.05, 4.69) is 20.9 Å². The van der Waals surface area contributed by atoms with E-state index in [1.165, 1.54) is 6.92 Å². The van der Waals surface area contributed by atoms with E-state index in [1.807, 2.05) is 12.1 Å². The summed E-state index contributed by atoms with van der Waals surface area (Å²) >= 11 is 6.03. The van der Waals surface area contributed by atoms with Crippen LogP contribution in [-0.4, -0.2) is 16.8 Å². The second-order valence-electron chi connectivity index (χ2n) is 5.75. The first-order valence-corrected chi connectivity index (χ1v) is 8.56. The van der Waals surface area contributed by atoms with Gasteiger partial charge in [-0.1, -0.05) is 23.7 Å². The molecule has 0 unspecified atom stereocenters. The zero-order valence-electron chi connectivity index (χ0n) is 14.5. The Hall–Kier alpha value is -3.38. The van der Waals surface area contributed by atoms with Gasteiger partial charge in [0.15, 0.2) is 0 Å². The van der Waals surface area contributed by atoms with Gasteiger partial charge in [-0.25, -0.2) is 4.98 Å². The molecule has 0 saturated carbocycles. The number of rotatable bonds is 5. The number of halogens is 1. The van der Waals surface area contributed by atoms with Crippen LogP contribution in [0.15, 0.2) is 66.9 Å². The van der Waals surface area contributed by atoms with Gasteiger partial charge in [0.2, 0.25) is 5.91 Å². The Kier molecular flexibility index (Phi) is 5.68. The summed E-state index contributed by atoms with van der Waals surface area (Å²) in [7, 11) is 0. The Morgan fingerprint density at radius 3 is 2.15 bits per heavy atom. The van der Waals surface area contributed by atoms with Gasteiger partial charge in [0.1, 0.15) is 5.82 Å². The largest absolute Gasteiger partial charge is 0.340 e. The van der Waals surface area contributed by atoms with Crippen molar-refractivity contribution in [1.82, 2.24) is 4.98 Å². The molecule has 0 aliphatic heterocycles. The fourth-order valence-corrected chi connectivity index (χ4v) is 2.60. The van der Waals surface area contributed by atoms with Gasteiger partial charge in [0.25, 0.3) is 5.91 Å². The fraction of sp³-hybridized carbons (Fsp3) is 0.0500. The molecular formula is C20H17ClN4O2.